The van der Waals surface area contributed by atoms with Crippen LogP contribution in [0.5, 0.6) is 5.75 Å². The maximum atomic E-state index is 12.1. The molecule has 0 aliphatic carbocycles. The van der Waals surface area contributed by atoms with Crippen LogP contribution in [0.3, 0.4) is 0 Å². The van der Waals surface area contributed by atoms with Crippen molar-refractivity contribution in [2.24, 2.45) is 5.92 Å². The van der Waals surface area contributed by atoms with Gasteiger partial charge in [-0.2, -0.15) is 0 Å². The van der Waals surface area contributed by atoms with E-state index in [0.29, 0.717) is 0 Å². The Hall–Kier alpha value is -0.830. The third-order valence-corrected chi connectivity index (χ3v) is 3.51. The molecule has 2 nitrogen and oxygen atoms in total. The molecule has 1 unspecified atom stereocenters. The van der Waals surface area contributed by atoms with Crippen molar-refractivity contribution in [3.63, 3.8) is 0 Å². The van der Waals surface area contributed by atoms with Crippen molar-refractivity contribution in [1.82, 2.24) is 0 Å². The Balaban J connectivity index is 2.98. The summed E-state index contributed by atoms with van der Waals surface area (Å²) in [7, 11) is 0. The summed E-state index contributed by atoms with van der Waals surface area (Å²) in [6.45, 7) is 9.96. The maximum absolute atomic E-state index is 12.1. The van der Waals surface area contributed by atoms with Gasteiger partial charge in [-0.3, -0.25) is 4.79 Å². The van der Waals surface area contributed by atoms with Crippen molar-refractivity contribution < 1.29 is 9.53 Å². The fraction of sp³-hybridized carbons (Fsp3) is 0.615. The summed E-state index contributed by atoms with van der Waals surface area (Å²) >= 11 is 1.53. The molecule has 0 saturated carbocycles. The molecule has 0 N–H and O–H groups in total. The van der Waals surface area contributed by atoms with Gasteiger partial charge in [-0.25, -0.2) is 0 Å². The smallest absolute Gasteiger partial charge is 0.179 e. The standard InChI is InChI=1S/C13H20O2S/c1-6-9(4)12(14)13-11(15-8(2)3)7-10(5)16-13/h7-9H,6H2,1-5H3. The summed E-state index contributed by atoms with van der Waals surface area (Å²) in [5.41, 5.74) is 0. The Kier molecular flexibility index (Phi) is 4.54. The van der Waals surface area contributed by atoms with Gasteiger partial charge in [0.15, 0.2) is 5.78 Å². The molecular weight excluding hydrogens is 220 g/mol. The monoisotopic (exact) mass is 240 g/mol. The lowest BCUT2D eigenvalue weighted by Gasteiger charge is -2.11. The van der Waals surface area contributed by atoms with Crippen LogP contribution in [0, 0.1) is 12.8 Å². The number of hydrogen-bond donors (Lipinski definition) is 0. The molecule has 16 heavy (non-hydrogen) atoms. The molecule has 0 fully saturated rings. The highest BCUT2D eigenvalue weighted by molar-refractivity contribution is 7.14. The summed E-state index contributed by atoms with van der Waals surface area (Å²) < 4.78 is 5.67. The van der Waals surface area contributed by atoms with Crippen LogP contribution in [0.2, 0.25) is 0 Å². The van der Waals surface area contributed by atoms with E-state index >= 15 is 0 Å². The van der Waals surface area contributed by atoms with Crippen molar-refractivity contribution in [2.75, 3.05) is 0 Å². The molecule has 90 valence electrons. The van der Waals surface area contributed by atoms with E-state index in [0.717, 1.165) is 21.9 Å². The van der Waals surface area contributed by atoms with Gasteiger partial charge >= 0.3 is 0 Å². The van der Waals surface area contributed by atoms with Crippen LogP contribution in [0.1, 0.15) is 48.7 Å². The molecule has 0 radical (unpaired) electrons. The molecule has 1 heterocycles. The van der Waals surface area contributed by atoms with Gasteiger partial charge < -0.3 is 4.74 Å². The first-order chi connectivity index (χ1) is 7.45. The first kappa shape index (κ1) is 13.2. The molecule has 0 aliphatic rings. The highest BCUT2D eigenvalue weighted by atomic mass is 32.1. The lowest BCUT2D eigenvalue weighted by molar-refractivity contribution is 0.0926. The largest absolute Gasteiger partial charge is 0.489 e. The number of carbonyl (C=O) groups excluding carboxylic acids is 1. The minimum absolute atomic E-state index is 0.0764. The van der Waals surface area contributed by atoms with E-state index in [9.17, 15) is 4.79 Å². The van der Waals surface area contributed by atoms with Gasteiger partial charge in [-0.15, -0.1) is 11.3 Å². The lowest BCUT2D eigenvalue weighted by atomic mass is 10.0. The van der Waals surface area contributed by atoms with Gasteiger partial charge in [-0.1, -0.05) is 13.8 Å². The summed E-state index contributed by atoms with van der Waals surface area (Å²) in [6.07, 6.45) is 0.981. The van der Waals surface area contributed by atoms with Crippen molar-refractivity contribution in [3.05, 3.63) is 15.8 Å². The molecule has 0 spiro atoms. The van der Waals surface area contributed by atoms with Crippen molar-refractivity contribution in [1.29, 1.82) is 0 Å². The molecule has 1 aromatic heterocycles. The van der Waals surface area contributed by atoms with Crippen molar-refractivity contribution in [2.45, 2.75) is 47.1 Å². The Morgan fingerprint density at radius 3 is 2.56 bits per heavy atom. The van der Waals surface area contributed by atoms with Crippen LogP contribution >= 0.6 is 11.3 Å². The summed E-state index contributed by atoms with van der Waals surface area (Å²) in [5, 5.41) is 0. The average Bonchev–Trinajstić information content (AvgIpc) is 2.56. The molecular formula is C13H20O2S. The van der Waals surface area contributed by atoms with E-state index in [1.54, 1.807) is 0 Å². The molecule has 0 aliphatic heterocycles. The molecule has 1 rings (SSSR count). The summed E-state index contributed by atoms with van der Waals surface area (Å²) in [4.78, 5) is 14.0. The van der Waals surface area contributed by atoms with E-state index in [-0.39, 0.29) is 17.8 Å². The average molecular weight is 240 g/mol. The zero-order valence-corrected chi connectivity index (χ0v) is 11.5. The van der Waals surface area contributed by atoms with E-state index in [2.05, 4.69) is 0 Å². The normalized spacial score (nSPS) is 12.9. The molecule has 1 atom stereocenters. The second kappa shape index (κ2) is 5.48. The number of Topliss-reactive ketones (excluding diaryl/α,β-unsaturated/α-hetero) is 1. The van der Waals surface area contributed by atoms with Gasteiger partial charge in [0.05, 0.1) is 6.10 Å². The summed E-state index contributed by atoms with van der Waals surface area (Å²) in [5.74, 6) is 1.03. The molecule has 0 amide bonds. The zero-order chi connectivity index (χ0) is 12.3. The van der Waals surface area contributed by atoms with Crippen LogP contribution in [0.15, 0.2) is 6.07 Å². The SMILES string of the molecule is CCC(C)C(=O)c1sc(C)cc1OC(C)C. The molecule has 3 heteroatoms. The lowest BCUT2D eigenvalue weighted by Crippen LogP contribution is -2.12. The number of hydrogen-bond acceptors (Lipinski definition) is 3. The number of ketones is 1. The summed E-state index contributed by atoms with van der Waals surface area (Å²) in [6, 6.07) is 1.96. The quantitative estimate of drug-likeness (QED) is 0.725. The number of ether oxygens (including phenoxy) is 1. The third kappa shape index (κ3) is 3.08. The highest BCUT2D eigenvalue weighted by Gasteiger charge is 2.21. The van der Waals surface area contributed by atoms with Gasteiger partial charge in [0.25, 0.3) is 0 Å². The molecule has 0 saturated heterocycles. The van der Waals surface area contributed by atoms with Crippen LogP contribution in [-0.4, -0.2) is 11.9 Å². The van der Waals surface area contributed by atoms with E-state index in [1.807, 2.05) is 40.7 Å². The van der Waals surface area contributed by atoms with Crippen molar-refractivity contribution >= 4 is 17.1 Å². The van der Waals surface area contributed by atoms with E-state index < -0.39 is 0 Å². The fourth-order valence-electron chi connectivity index (χ4n) is 1.41. The van der Waals surface area contributed by atoms with Crippen LogP contribution in [0.4, 0.5) is 0 Å². The topological polar surface area (TPSA) is 26.3 Å². The predicted octanol–water partition coefficient (Wildman–Crippen LogP) is 4.07. The minimum Gasteiger partial charge on any atom is -0.489 e. The second-order valence-corrected chi connectivity index (χ2v) is 5.65. The Bertz CT molecular complexity index is 366. The van der Waals surface area contributed by atoms with E-state index in [1.165, 1.54) is 11.3 Å². The maximum Gasteiger partial charge on any atom is 0.179 e. The van der Waals surface area contributed by atoms with Gasteiger partial charge in [-0.05, 0) is 33.3 Å². The zero-order valence-electron chi connectivity index (χ0n) is 10.7. The number of rotatable bonds is 5. The second-order valence-electron chi connectivity index (χ2n) is 4.39. The minimum atomic E-state index is 0.0764. The van der Waals surface area contributed by atoms with Crippen LogP contribution in [-0.2, 0) is 0 Å². The number of aryl methyl sites for hydroxylation is 1. The van der Waals surface area contributed by atoms with Crippen LogP contribution < -0.4 is 4.74 Å². The number of thiophene rings is 1. The molecule has 0 aromatic carbocycles. The number of carbonyl (C=O) groups is 1. The van der Waals surface area contributed by atoms with Crippen molar-refractivity contribution in [3.8, 4) is 5.75 Å². The Morgan fingerprint density at radius 2 is 2.06 bits per heavy atom. The first-order valence-electron chi connectivity index (χ1n) is 5.77. The Morgan fingerprint density at radius 1 is 1.44 bits per heavy atom. The molecule has 1 aromatic rings. The molecule has 0 bridgehead atoms. The predicted molar refractivity (Wildman–Crippen MR) is 68.6 cm³/mol. The Labute approximate surface area is 102 Å². The fourth-order valence-corrected chi connectivity index (χ4v) is 2.41. The third-order valence-electron chi connectivity index (χ3n) is 2.47. The highest BCUT2D eigenvalue weighted by Crippen LogP contribution is 2.32. The van der Waals surface area contributed by atoms with Gasteiger partial charge in [0.2, 0.25) is 0 Å². The van der Waals surface area contributed by atoms with Gasteiger partial charge in [0.1, 0.15) is 10.6 Å². The first-order valence-corrected chi connectivity index (χ1v) is 6.58. The van der Waals surface area contributed by atoms with Gasteiger partial charge in [0, 0.05) is 10.8 Å². The van der Waals surface area contributed by atoms with Crippen LogP contribution in [0.25, 0.3) is 0 Å². The van der Waals surface area contributed by atoms with E-state index in [4.69, 9.17) is 4.74 Å².